The predicted octanol–water partition coefficient (Wildman–Crippen LogP) is 3.82. The molecule has 0 spiro atoms. The van der Waals surface area contributed by atoms with Crippen LogP contribution in [-0.4, -0.2) is 44.6 Å². The van der Waals surface area contributed by atoms with Gasteiger partial charge in [0.1, 0.15) is 20.3 Å². The molecule has 0 amide bonds. The van der Waals surface area contributed by atoms with Gasteiger partial charge in [0.15, 0.2) is 6.20 Å². The normalized spacial score (nSPS) is 13.6. The summed E-state index contributed by atoms with van der Waals surface area (Å²) in [4.78, 5) is 25.1. The minimum atomic E-state index is -0.788. The Balaban J connectivity index is 2.49. The Kier molecular flexibility index (Phi) is 11.1. The molecule has 1 rings (SSSR count). The maximum absolute atomic E-state index is 12.7. The number of hydrogen-bond acceptors (Lipinski definition) is 7. The minimum Gasteiger partial charge on any atom is -0.464 e. The van der Waals surface area contributed by atoms with Gasteiger partial charge in [0, 0.05) is 35.8 Å². The maximum Gasteiger partial charge on any atom is 0.311 e. The molecule has 164 valence electrons. The quantitative estimate of drug-likeness (QED) is 0.198. The number of pyridine rings is 1. The van der Waals surface area contributed by atoms with E-state index in [1.165, 1.54) is 0 Å². The average Bonchev–Trinajstić information content (AvgIpc) is 2.68. The molecule has 0 radical (unpaired) electrons. The summed E-state index contributed by atoms with van der Waals surface area (Å²) in [5.74, 6) is 0.0893. The van der Waals surface area contributed by atoms with Crippen molar-refractivity contribution in [3.05, 3.63) is 24.4 Å². The number of aromatic nitrogens is 1. The molecule has 1 heterocycles. The first-order valence-electron chi connectivity index (χ1n) is 9.74. The molecule has 0 saturated heterocycles. The first-order chi connectivity index (χ1) is 13.7. The number of rotatable bonds is 13. The van der Waals surface area contributed by atoms with E-state index in [0.717, 1.165) is 5.03 Å². The molecule has 0 aliphatic carbocycles. The van der Waals surface area contributed by atoms with E-state index in [-0.39, 0.29) is 18.5 Å². The number of esters is 2. The van der Waals surface area contributed by atoms with Gasteiger partial charge in [-0.1, -0.05) is 17.7 Å². The third kappa shape index (κ3) is 8.56. The van der Waals surface area contributed by atoms with Gasteiger partial charge in [-0.3, -0.25) is 9.59 Å². The number of aryl methyl sites for hydroxylation is 1. The second-order valence-electron chi connectivity index (χ2n) is 7.79. The van der Waals surface area contributed by atoms with Crippen molar-refractivity contribution in [2.45, 2.75) is 45.6 Å². The van der Waals surface area contributed by atoms with E-state index < -0.39 is 10.8 Å². The Morgan fingerprint density at radius 2 is 1.76 bits per heavy atom. The van der Waals surface area contributed by atoms with E-state index in [1.54, 1.807) is 42.5 Å². The molecule has 0 aliphatic rings. The second kappa shape index (κ2) is 12.4. The number of carbonyl (C=O) groups is 2. The fourth-order valence-corrected chi connectivity index (χ4v) is 4.84. The van der Waals surface area contributed by atoms with Crippen LogP contribution in [0.4, 0.5) is 0 Å². The number of ether oxygens (including phenoxy) is 3. The molecule has 0 aromatic carbocycles. The van der Waals surface area contributed by atoms with Crippen LogP contribution in [0.2, 0.25) is 0 Å². The van der Waals surface area contributed by atoms with Crippen LogP contribution >= 0.6 is 21.6 Å². The standard InChI is InChI=1S/C21H34NO5S2/c1-7-21(4,16-20(2,3)18(23)26-13-12-25-6)19(24)27-14-15-28-29-17-10-8-9-11-22(17)5/h8-11H,7,12-16H2,1-6H3/q+1. The van der Waals surface area contributed by atoms with Gasteiger partial charge in [0.05, 0.1) is 17.4 Å². The number of carbonyl (C=O) groups excluding carboxylic acids is 2. The van der Waals surface area contributed by atoms with Crippen molar-refractivity contribution in [1.82, 2.24) is 0 Å². The highest BCUT2D eigenvalue weighted by Gasteiger charge is 2.42. The third-order valence-electron chi connectivity index (χ3n) is 4.73. The highest BCUT2D eigenvalue weighted by atomic mass is 33.1. The Morgan fingerprint density at radius 1 is 1.07 bits per heavy atom. The number of nitrogens with zero attached hydrogens (tertiary/aromatic N) is 1. The first kappa shape index (κ1) is 25.8. The minimum absolute atomic E-state index is 0.208. The Bertz CT molecular complexity index is 668. The van der Waals surface area contributed by atoms with Crippen molar-refractivity contribution < 1.29 is 28.4 Å². The Labute approximate surface area is 182 Å². The molecular formula is C21H34NO5S2+. The van der Waals surface area contributed by atoms with E-state index in [4.69, 9.17) is 14.2 Å². The van der Waals surface area contributed by atoms with Crippen molar-refractivity contribution in [3.8, 4) is 0 Å². The van der Waals surface area contributed by atoms with Crippen LogP contribution in [0, 0.1) is 10.8 Å². The molecule has 1 atom stereocenters. The molecule has 6 nitrogen and oxygen atoms in total. The van der Waals surface area contributed by atoms with Crippen LogP contribution in [0.15, 0.2) is 29.4 Å². The summed E-state index contributed by atoms with van der Waals surface area (Å²) in [7, 11) is 6.85. The van der Waals surface area contributed by atoms with Crippen molar-refractivity contribution in [2.75, 3.05) is 32.7 Å². The highest BCUT2D eigenvalue weighted by molar-refractivity contribution is 8.76. The van der Waals surface area contributed by atoms with Crippen molar-refractivity contribution in [2.24, 2.45) is 17.9 Å². The van der Waals surface area contributed by atoms with Crippen LogP contribution in [0.5, 0.6) is 0 Å². The second-order valence-corrected chi connectivity index (χ2v) is 10.2. The zero-order valence-corrected chi connectivity index (χ0v) is 20.0. The number of methoxy groups -OCH3 is 1. The maximum atomic E-state index is 12.7. The summed E-state index contributed by atoms with van der Waals surface area (Å²) in [6.07, 6.45) is 2.95. The van der Waals surface area contributed by atoms with Crippen LogP contribution in [0.25, 0.3) is 0 Å². The molecular weight excluding hydrogens is 410 g/mol. The van der Waals surface area contributed by atoms with Gasteiger partial charge in [0.2, 0.25) is 5.03 Å². The lowest BCUT2D eigenvalue weighted by Gasteiger charge is -2.33. The SMILES string of the molecule is CCC(C)(CC(C)(C)C(=O)OCCOC)C(=O)OCCSSc1cccc[n+]1C. The van der Waals surface area contributed by atoms with Crippen molar-refractivity contribution in [1.29, 1.82) is 0 Å². The van der Waals surface area contributed by atoms with Gasteiger partial charge in [-0.2, -0.15) is 4.57 Å². The fraction of sp³-hybridized carbons (Fsp3) is 0.667. The van der Waals surface area contributed by atoms with Gasteiger partial charge in [0.25, 0.3) is 0 Å². The molecule has 1 aromatic heterocycles. The van der Waals surface area contributed by atoms with E-state index >= 15 is 0 Å². The first-order valence-corrected chi connectivity index (χ1v) is 12.1. The molecule has 29 heavy (non-hydrogen) atoms. The summed E-state index contributed by atoms with van der Waals surface area (Å²) in [5.41, 5.74) is -1.53. The highest BCUT2D eigenvalue weighted by Crippen LogP contribution is 2.38. The van der Waals surface area contributed by atoms with Crippen LogP contribution in [0.3, 0.4) is 0 Å². The van der Waals surface area contributed by atoms with Crippen LogP contribution in [-0.2, 0) is 30.8 Å². The van der Waals surface area contributed by atoms with E-state index in [1.807, 2.05) is 49.9 Å². The van der Waals surface area contributed by atoms with Crippen LogP contribution < -0.4 is 4.57 Å². The molecule has 1 unspecified atom stereocenters. The van der Waals surface area contributed by atoms with Gasteiger partial charge in [-0.25, -0.2) is 0 Å². The summed E-state index contributed by atoms with van der Waals surface area (Å²) in [6, 6.07) is 6.03. The summed E-state index contributed by atoms with van der Waals surface area (Å²) >= 11 is 0. The monoisotopic (exact) mass is 444 g/mol. The molecule has 0 saturated carbocycles. The van der Waals surface area contributed by atoms with Gasteiger partial charge >= 0.3 is 11.9 Å². The van der Waals surface area contributed by atoms with E-state index in [9.17, 15) is 9.59 Å². The fourth-order valence-electron chi connectivity index (χ4n) is 2.84. The van der Waals surface area contributed by atoms with Crippen molar-refractivity contribution in [3.63, 3.8) is 0 Å². The lowest BCUT2D eigenvalue weighted by molar-refractivity contribution is -0.708. The smallest absolute Gasteiger partial charge is 0.311 e. The molecule has 0 fully saturated rings. The largest absolute Gasteiger partial charge is 0.464 e. The molecule has 1 aromatic rings. The van der Waals surface area contributed by atoms with Crippen molar-refractivity contribution >= 4 is 33.5 Å². The van der Waals surface area contributed by atoms with E-state index in [0.29, 0.717) is 31.8 Å². The Morgan fingerprint density at radius 3 is 2.38 bits per heavy atom. The summed E-state index contributed by atoms with van der Waals surface area (Å²) in [6.45, 7) is 8.29. The van der Waals surface area contributed by atoms with Gasteiger partial charge < -0.3 is 14.2 Å². The summed E-state index contributed by atoms with van der Waals surface area (Å²) in [5, 5.41) is 1.14. The molecule has 0 N–H and O–H groups in total. The lowest BCUT2D eigenvalue weighted by Crippen LogP contribution is -2.39. The molecule has 0 bridgehead atoms. The van der Waals surface area contributed by atoms with E-state index in [2.05, 4.69) is 0 Å². The Hall–Kier alpha value is -1.25. The molecule has 8 heteroatoms. The predicted molar refractivity (Wildman–Crippen MR) is 117 cm³/mol. The zero-order valence-electron chi connectivity index (χ0n) is 18.4. The zero-order chi connectivity index (χ0) is 21.9. The summed E-state index contributed by atoms with van der Waals surface area (Å²) < 4.78 is 17.8. The third-order valence-corrected chi connectivity index (χ3v) is 7.14. The van der Waals surface area contributed by atoms with Gasteiger partial charge in [-0.15, -0.1) is 0 Å². The topological polar surface area (TPSA) is 65.7 Å². The average molecular weight is 445 g/mol. The molecule has 0 aliphatic heterocycles. The van der Waals surface area contributed by atoms with Gasteiger partial charge in [-0.05, 0) is 39.7 Å². The van der Waals surface area contributed by atoms with Crippen LogP contribution in [0.1, 0.15) is 40.5 Å². The lowest BCUT2D eigenvalue weighted by atomic mass is 9.72. The number of hydrogen-bond donors (Lipinski definition) is 0.